The van der Waals surface area contributed by atoms with Crippen molar-refractivity contribution in [3.8, 4) is 0 Å². The molecule has 0 aliphatic carbocycles. The van der Waals surface area contributed by atoms with E-state index in [1.165, 1.54) is 13.1 Å². The molecule has 0 aromatic carbocycles. The van der Waals surface area contributed by atoms with Crippen molar-refractivity contribution in [3.05, 3.63) is 0 Å². The zero-order valence-electron chi connectivity index (χ0n) is 6.64. The van der Waals surface area contributed by atoms with E-state index in [0.717, 1.165) is 0 Å². The molecule has 0 unspecified atom stereocenters. The molecule has 10 heavy (non-hydrogen) atoms. The standard InChI is InChI=1S/C6H14N2.I2/c1-6-7(2)4-5-8(6)3;1-2/h6H,4-5H2,1-3H3;. The van der Waals surface area contributed by atoms with Crippen molar-refractivity contribution < 1.29 is 0 Å². The lowest BCUT2D eigenvalue weighted by molar-refractivity contribution is 0.208. The van der Waals surface area contributed by atoms with Gasteiger partial charge < -0.3 is 0 Å². The highest BCUT2D eigenvalue weighted by molar-refractivity contribution is 15.0. The van der Waals surface area contributed by atoms with Gasteiger partial charge in [0, 0.05) is 50.3 Å². The quantitative estimate of drug-likeness (QED) is 0.604. The predicted octanol–water partition coefficient (Wildman–Crippen LogP) is 1.98. The lowest BCUT2D eigenvalue weighted by Gasteiger charge is -2.19. The Morgan fingerprint density at radius 1 is 1.10 bits per heavy atom. The maximum atomic E-state index is 2.35. The van der Waals surface area contributed by atoms with E-state index in [1.807, 2.05) is 0 Å². The lowest BCUT2D eigenvalue weighted by atomic mass is 10.5. The van der Waals surface area contributed by atoms with E-state index in [9.17, 15) is 0 Å². The second kappa shape index (κ2) is 5.96. The number of likely N-dealkylation sites (N-methyl/N-ethyl adjacent to an activating group) is 2. The first-order chi connectivity index (χ1) is 4.72. The molecular weight excluding hydrogens is 354 g/mol. The van der Waals surface area contributed by atoms with Crippen LogP contribution in [0.3, 0.4) is 0 Å². The van der Waals surface area contributed by atoms with E-state index in [-0.39, 0.29) is 0 Å². The summed E-state index contributed by atoms with van der Waals surface area (Å²) in [5, 5.41) is 0. The first-order valence-corrected chi connectivity index (χ1v) is 9.55. The molecule has 0 N–H and O–H groups in total. The van der Waals surface area contributed by atoms with Crippen LogP contribution in [0.25, 0.3) is 0 Å². The summed E-state index contributed by atoms with van der Waals surface area (Å²) in [5.74, 6) is 0. The van der Waals surface area contributed by atoms with Crippen LogP contribution in [0.4, 0.5) is 0 Å². The smallest absolute Gasteiger partial charge is 0.0589 e. The van der Waals surface area contributed by atoms with Gasteiger partial charge in [-0.25, -0.2) is 0 Å². The highest BCUT2D eigenvalue weighted by atomic mass is 128. The van der Waals surface area contributed by atoms with Gasteiger partial charge in [0.2, 0.25) is 0 Å². The fourth-order valence-corrected chi connectivity index (χ4v) is 1.03. The van der Waals surface area contributed by atoms with E-state index >= 15 is 0 Å². The van der Waals surface area contributed by atoms with Gasteiger partial charge in [-0.15, -0.1) is 0 Å². The molecule has 1 rings (SSSR count). The third kappa shape index (κ3) is 3.19. The van der Waals surface area contributed by atoms with E-state index in [4.69, 9.17) is 0 Å². The van der Waals surface area contributed by atoms with E-state index in [2.05, 4.69) is 68.1 Å². The van der Waals surface area contributed by atoms with Gasteiger partial charge in [0.15, 0.2) is 0 Å². The van der Waals surface area contributed by atoms with Crippen LogP contribution in [0.15, 0.2) is 0 Å². The van der Waals surface area contributed by atoms with Gasteiger partial charge in [-0.1, -0.05) is 0 Å². The van der Waals surface area contributed by atoms with Crippen LogP contribution in [0, 0.1) is 0 Å². The molecule has 0 bridgehead atoms. The van der Waals surface area contributed by atoms with Crippen LogP contribution in [-0.4, -0.2) is 43.2 Å². The largest absolute Gasteiger partial charge is 0.290 e. The summed E-state index contributed by atoms with van der Waals surface area (Å²) >= 11 is 4.24. The average molecular weight is 368 g/mol. The summed E-state index contributed by atoms with van der Waals surface area (Å²) in [6, 6.07) is 0. The Kier molecular flexibility index (Phi) is 6.78. The molecular formula is C6H14I2N2. The highest BCUT2D eigenvalue weighted by Gasteiger charge is 2.20. The Labute approximate surface area is 86.6 Å². The molecule has 2 nitrogen and oxygen atoms in total. The molecule has 1 fully saturated rings. The van der Waals surface area contributed by atoms with Crippen molar-refractivity contribution in [1.82, 2.24) is 9.80 Å². The van der Waals surface area contributed by atoms with Crippen LogP contribution in [-0.2, 0) is 0 Å². The molecule has 0 saturated carbocycles. The minimum atomic E-state index is 0.648. The van der Waals surface area contributed by atoms with E-state index < -0.39 is 0 Å². The van der Waals surface area contributed by atoms with Crippen molar-refractivity contribution in [3.63, 3.8) is 0 Å². The number of hydrogen-bond donors (Lipinski definition) is 0. The first kappa shape index (κ1) is 11.4. The lowest BCUT2D eigenvalue weighted by Crippen LogP contribution is -2.30. The number of nitrogens with zero attached hydrogens (tertiary/aromatic N) is 2. The maximum absolute atomic E-state index is 2.35. The van der Waals surface area contributed by atoms with Gasteiger partial charge in [-0.2, -0.15) is 0 Å². The van der Waals surface area contributed by atoms with Crippen LogP contribution < -0.4 is 0 Å². The molecule has 1 aliphatic rings. The van der Waals surface area contributed by atoms with Gasteiger partial charge in [0.25, 0.3) is 0 Å². The van der Waals surface area contributed by atoms with E-state index in [1.54, 1.807) is 0 Å². The second-order valence-corrected chi connectivity index (χ2v) is 2.59. The highest BCUT2D eigenvalue weighted by Crippen LogP contribution is 2.06. The predicted molar refractivity (Wildman–Crippen MR) is 62.8 cm³/mol. The minimum Gasteiger partial charge on any atom is -0.290 e. The molecule has 0 radical (unpaired) electrons. The summed E-state index contributed by atoms with van der Waals surface area (Å²) in [4.78, 5) is 4.69. The Morgan fingerprint density at radius 2 is 1.40 bits per heavy atom. The molecule has 0 atom stereocenters. The summed E-state index contributed by atoms with van der Waals surface area (Å²) < 4.78 is 0. The van der Waals surface area contributed by atoms with Gasteiger partial charge in [0.1, 0.15) is 0 Å². The SMILES string of the molecule is CC1N(C)CCN1C.II. The third-order valence-electron chi connectivity index (χ3n) is 2.08. The van der Waals surface area contributed by atoms with Gasteiger partial charge in [-0.3, -0.25) is 9.80 Å². The van der Waals surface area contributed by atoms with Gasteiger partial charge in [-0.05, 0) is 21.0 Å². The number of hydrogen-bond acceptors (Lipinski definition) is 2. The molecule has 0 aromatic rings. The molecule has 1 saturated heterocycles. The molecule has 1 heterocycles. The first-order valence-electron chi connectivity index (χ1n) is 3.26. The molecule has 4 heteroatoms. The van der Waals surface area contributed by atoms with Crippen molar-refractivity contribution in [2.45, 2.75) is 13.1 Å². The van der Waals surface area contributed by atoms with Crippen molar-refractivity contribution in [2.75, 3.05) is 27.2 Å². The Morgan fingerprint density at radius 3 is 1.50 bits per heavy atom. The molecule has 0 amide bonds. The van der Waals surface area contributed by atoms with Crippen molar-refractivity contribution in [2.24, 2.45) is 0 Å². The number of rotatable bonds is 0. The Bertz CT molecular complexity index is 79.8. The summed E-state index contributed by atoms with van der Waals surface area (Å²) in [6.07, 6.45) is 0.648. The number of halogens is 2. The van der Waals surface area contributed by atoms with Gasteiger partial charge >= 0.3 is 0 Å². The van der Waals surface area contributed by atoms with Crippen LogP contribution >= 0.6 is 37.2 Å². The third-order valence-corrected chi connectivity index (χ3v) is 2.08. The van der Waals surface area contributed by atoms with Crippen LogP contribution in [0.2, 0.25) is 0 Å². The van der Waals surface area contributed by atoms with Crippen LogP contribution in [0.1, 0.15) is 6.92 Å². The maximum Gasteiger partial charge on any atom is 0.0589 e. The molecule has 0 spiro atoms. The second-order valence-electron chi connectivity index (χ2n) is 2.59. The Balaban J connectivity index is 0.000000371. The topological polar surface area (TPSA) is 6.48 Å². The van der Waals surface area contributed by atoms with Crippen LogP contribution in [0.5, 0.6) is 0 Å². The zero-order valence-corrected chi connectivity index (χ0v) is 11.0. The Hall–Kier alpha value is 1.38. The normalized spacial score (nSPS) is 22.5. The average Bonchev–Trinajstić information content (AvgIpc) is 2.25. The fraction of sp³-hybridized carbons (Fsp3) is 1.00. The van der Waals surface area contributed by atoms with Crippen molar-refractivity contribution >= 4 is 37.2 Å². The molecule has 0 aromatic heterocycles. The summed E-state index contributed by atoms with van der Waals surface area (Å²) in [5.41, 5.74) is 0. The fourth-order valence-electron chi connectivity index (χ4n) is 1.03. The zero-order chi connectivity index (χ0) is 8.15. The minimum absolute atomic E-state index is 0.648. The molecule has 1 aliphatic heterocycles. The summed E-state index contributed by atoms with van der Waals surface area (Å²) in [7, 11) is 4.32. The van der Waals surface area contributed by atoms with Crippen molar-refractivity contribution in [1.29, 1.82) is 0 Å². The van der Waals surface area contributed by atoms with E-state index in [0.29, 0.717) is 6.17 Å². The van der Waals surface area contributed by atoms with Gasteiger partial charge in [0.05, 0.1) is 6.17 Å². The summed E-state index contributed by atoms with van der Waals surface area (Å²) in [6.45, 7) is 4.67. The monoisotopic (exact) mass is 368 g/mol. The molecule has 62 valence electrons.